The molecule has 1 aromatic carbocycles. The molecule has 4 heteroatoms. The molecule has 2 aromatic heterocycles. The van der Waals surface area contributed by atoms with Crippen molar-refractivity contribution in [3.8, 4) is 0 Å². The molecule has 3 rings (SSSR count). The standard InChI is InChI=1S/C16H18N2OS/c1-10(16-11(2)18-12(3)20-16)17-8-13-9-19-15-7-5-4-6-14(13)15/h4-7,9-10,17H,8H2,1-3H3/t10-/m1/s1. The SMILES string of the molecule is Cc1nc(C)c([C@@H](C)NCc2coc3ccccc23)s1. The minimum absolute atomic E-state index is 0.301. The van der Waals surface area contributed by atoms with Crippen LogP contribution in [0.15, 0.2) is 34.9 Å². The summed E-state index contributed by atoms with van der Waals surface area (Å²) in [5.41, 5.74) is 3.28. The molecule has 0 fully saturated rings. The molecule has 0 aliphatic heterocycles. The second-order valence-electron chi connectivity index (χ2n) is 5.04. The predicted molar refractivity (Wildman–Crippen MR) is 83.1 cm³/mol. The van der Waals surface area contributed by atoms with Crippen LogP contribution in [0.5, 0.6) is 0 Å². The molecular formula is C16H18N2OS. The number of nitrogens with zero attached hydrogens (tertiary/aromatic N) is 1. The second kappa shape index (κ2) is 5.38. The Morgan fingerprint density at radius 2 is 2.10 bits per heavy atom. The van der Waals surface area contributed by atoms with Gasteiger partial charge in [0.1, 0.15) is 5.58 Å². The van der Waals surface area contributed by atoms with E-state index < -0.39 is 0 Å². The molecule has 1 N–H and O–H groups in total. The number of aromatic nitrogens is 1. The fourth-order valence-corrected chi connectivity index (χ4v) is 3.43. The highest BCUT2D eigenvalue weighted by molar-refractivity contribution is 7.11. The number of fused-ring (bicyclic) bond motifs is 1. The molecular weight excluding hydrogens is 268 g/mol. The fraction of sp³-hybridized carbons (Fsp3) is 0.312. The van der Waals surface area contributed by atoms with Gasteiger partial charge in [-0.2, -0.15) is 0 Å². The summed E-state index contributed by atoms with van der Waals surface area (Å²) in [6.45, 7) is 7.11. The van der Waals surface area contributed by atoms with Crippen LogP contribution in [0.4, 0.5) is 0 Å². The van der Waals surface area contributed by atoms with Crippen molar-refractivity contribution in [3.05, 3.63) is 51.7 Å². The molecule has 0 bridgehead atoms. The average Bonchev–Trinajstić information content (AvgIpc) is 2.99. The highest BCUT2D eigenvalue weighted by Gasteiger charge is 2.13. The minimum Gasteiger partial charge on any atom is -0.464 e. The highest BCUT2D eigenvalue weighted by atomic mass is 32.1. The number of aryl methyl sites for hydroxylation is 2. The fourth-order valence-electron chi connectivity index (χ4n) is 2.47. The number of thiazole rings is 1. The summed E-state index contributed by atoms with van der Waals surface area (Å²) in [7, 11) is 0. The summed E-state index contributed by atoms with van der Waals surface area (Å²) >= 11 is 1.77. The lowest BCUT2D eigenvalue weighted by molar-refractivity contribution is 0.566. The summed E-state index contributed by atoms with van der Waals surface area (Å²) in [5.74, 6) is 0. The van der Waals surface area contributed by atoms with E-state index in [1.165, 1.54) is 15.8 Å². The van der Waals surface area contributed by atoms with Crippen LogP contribution in [0.1, 0.15) is 34.1 Å². The van der Waals surface area contributed by atoms with E-state index in [0.29, 0.717) is 6.04 Å². The quantitative estimate of drug-likeness (QED) is 0.774. The van der Waals surface area contributed by atoms with E-state index in [0.717, 1.165) is 22.8 Å². The van der Waals surface area contributed by atoms with Gasteiger partial charge in [0.05, 0.1) is 17.0 Å². The predicted octanol–water partition coefficient (Wildman–Crippen LogP) is 4.36. The molecule has 1 atom stereocenters. The van der Waals surface area contributed by atoms with Gasteiger partial charge in [0.15, 0.2) is 0 Å². The van der Waals surface area contributed by atoms with E-state index in [1.807, 2.05) is 24.5 Å². The van der Waals surface area contributed by atoms with Gasteiger partial charge in [-0.05, 0) is 26.8 Å². The zero-order valence-corrected chi connectivity index (χ0v) is 12.8. The van der Waals surface area contributed by atoms with Gasteiger partial charge in [-0.3, -0.25) is 0 Å². The first-order valence-electron chi connectivity index (χ1n) is 6.77. The van der Waals surface area contributed by atoms with Crippen LogP contribution in [0.2, 0.25) is 0 Å². The molecule has 0 aliphatic carbocycles. The second-order valence-corrected chi connectivity index (χ2v) is 6.28. The summed E-state index contributed by atoms with van der Waals surface area (Å²) in [6.07, 6.45) is 1.84. The van der Waals surface area contributed by atoms with Crippen molar-refractivity contribution in [1.82, 2.24) is 10.3 Å². The first-order chi connectivity index (χ1) is 9.65. The molecule has 104 valence electrons. The van der Waals surface area contributed by atoms with Crippen molar-refractivity contribution in [3.63, 3.8) is 0 Å². The Bertz CT molecular complexity index is 729. The van der Waals surface area contributed by atoms with Gasteiger partial charge in [-0.15, -0.1) is 11.3 Å². The normalized spacial score (nSPS) is 12.9. The molecule has 3 nitrogen and oxygen atoms in total. The van der Waals surface area contributed by atoms with Gasteiger partial charge in [0, 0.05) is 28.4 Å². The number of para-hydroxylation sites is 1. The van der Waals surface area contributed by atoms with Crippen molar-refractivity contribution in [1.29, 1.82) is 0 Å². The topological polar surface area (TPSA) is 38.1 Å². The van der Waals surface area contributed by atoms with Crippen molar-refractivity contribution >= 4 is 22.3 Å². The number of hydrogen-bond acceptors (Lipinski definition) is 4. The van der Waals surface area contributed by atoms with Gasteiger partial charge < -0.3 is 9.73 Å². The number of rotatable bonds is 4. The molecule has 0 aliphatic rings. The van der Waals surface area contributed by atoms with E-state index in [-0.39, 0.29) is 0 Å². The van der Waals surface area contributed by atoms with Crippen LogP contribution in [0.25, 0.3) is 11.0 Å². The number of hydrogen-bond donors (Lipinski definition) is 1. The lowest BCUT2D eigenvalue weighted by Gasteiger charge is -2.12. The number of nitrogens with one attached hydrogen (secondary N) is 1. The van der Waals surface area contributed by atoms with Crippen LogP contribution in [0.3, 0.4) is 0 Å². The monoisotopic (exact) mass is 286 g/mol. The third-order valence-electron chi connectivity index (χ3n) is 3.49. The van der Waals surface area contributed by atoms with Gasteiger partial charge in [0.2, 0.25) is 0 Å². The first kappa shape index (κ1) is 13.3. The van der Waals surface area contributed by atoms with Crippen molar-refractivity contribution in [2.75, 3.05) is 0 Å². The summed E-state index contributed by atoms with van der Waals surface area (Å²) in [4.78, 5) is 5.80. The Kier molecular flexibility index (Phi) is 3.59. The third kappa shape index (κ3) is 2.49. The van der Waals surface area contributed by atoms with Crippen LogP contribution in [-0.4, -0.2) is 4.98 Å². The lowest BCUT2D eigenvalue weighted by atomic mass is 10.1. The Morgan fingerprint density at radius 1 is 1.30 bits per heavy atom. The van der Waals surface area contributed by atoms with Crippen molar-refractivity contribution in [2.45, 2.75) is 33.4 Å². The van der Waals surface area contributed by atoms with Crippen LogP contribution in [0, 0.1) is 13.8 Å². The van der Waals surface area contributed by atoms with Gasteiger partial charge in [0.25, 0.3) is 0 Å². The lowest BCUT2D eigenvalue weighted by Crippen LogP contribution is -2.17. The molecule has 3 aromatic rings. The van der Waals surface area contributed by atoms with E-state index >= 15 is 0 Å². The number of furan rings is 1. The third-order valence-corrected chi connectivity index (χ3v) is 4.75. The molecule has 0 radical (unpaired) electrons. The van der Waals surface area contributed by atoms with Crippen LogP contribution in [-0.2, 0) is 6.54 Å². The zero-order chi connectivity index (χ0) is 14.1. The van der Waals surface area contributed by atoms with Gasteiger partial charge in [-0.25, -0.2) is 4.98 Å². The minimum atomic E-state index is 0.301. The van der Waals surface area contributed by atoms with Crippen molar-refractivity contribution in [2.24, 2.45) is 0 Å². The molecule has 0 unspecified atom stereocenters. The molecule has 0 saturated heterocycles. The first-order valence-corrected chi connectivity index (χ1v) is 7.59. The molecule has 0 saturated carbocycles. The van der Waals surface area contributed by atoms with Gasteiger partial charge >= 0.3 is 0 Å². The maximum atomic E-state index is 5.57. The molecule has 0 spiro atoms. The Morgan fingerprint density at radius 3 is 2.85 bits per heavy atom. The smallest absolute Gasteiger partial charge is 0.134 e. The molecule has 0 amide bonds. The van der Waals surface area contributed by atoms with Crippen molar-refractivity contribution < 1.29 is 4.42 Å². The summed E-state index contributed by atoms with van der Waals surface area (Å²) < 4.78 is 5.57. The van der Waals surface area contributed by atoms with E-state index in [1.54, 1.807) is 11.3 Å². The van der Waals surface area contributed by atoms with Gasteiger partial charge in [-0.1, -0.05) is 18.2 Å². The maximum absolute atomic E-state index is 5.57. The van der Waals surface area contributed by atoms with E-state index in [9.17, 15) is 0 Å². The Labute approximate surface area is 122 Å². The average molecular weight is 286 g/mol. The largest absolute Gasteiger partial charge is 0.464 e. The zero-order valence-electron chi connectivity index (χ0n) is 11.9. The Balaban J connectivity index is 1.74. The number of benzene rings is 1. The summed E-state index contributed by atoms with van der Waals surface area (Å²) in [5, 5.41) is 5.87. The highest BCUT2D eigenvalue weighted by Crippen LogP contribution is 2.26. The van der Waals surface area contributed by atoms with Crippen LogP contribution < -0.4 is 5.32 Å². The maximum Gasteiger partial charge on any atom is 0.134 e. The van der Waals surface area contributed by atoms with E-state index in [2.05, 4.69) is 37.1 Å². The Hall–Kier alpha value is -1.65. The molecule has 2 heterocycles. The molecule has 20 heavy (non-hydrogen) atoms. The summed E-state index contributed by atoms with van der Waals surface area (Å²) in [6, 6.07) is 8.44. The van der Waals surface area contributed by atoms with E-state index in [4.69, 9.17) is 4.42 Å². The van der Waals surface area contributed by atoms with Crippen LogP contribution >= 0.6 is 11.3 Å².